The molecule has 0 spiro atoms. The number of fused-ring (bicyclic) bond motifs is 1. The van der Waals surface area contributed by atoms with Crippen molar-refractivity contribution in [2.75, 3.05) is 31.6 Å². The lowest BCUT2D eigenvalue weighted by atomic mass is 9.68. The van der Waals surface area contributed by atoms with Gasteiger partial charge in [0.2, 0.25) is 11.7 Å². The predicted octanol–water partition coefficient (Wildman–Crippen LogP) is 2.84. The van der Waals surface area contributed by atoms with Crippen LogP contribution in [0, 0.1) is 11.3 Å². The van der Waals surface area contributed by atoms with Crippen molar-refractivity contribution in [2.24, 2.45) is 16.3 Å². The summed E-state index contributed by atoms with van der Waals surface area (Å²) in [6.45, 7) is 4.80. The van der Waals surface area contributed by atoms with E-state index >= 15 is 0 Å². The highest BCUT2D eigenvalue weighted by atomic mass is 32.1. The minimum atomic E-state index is -1.46. The zero-order chi connectivity index (χ0) is 27.6. The van der Waals surface area contributed by atoms with Gasteiger partial charge in [-0.15, -0.1) is 11.3 Å². The lowest BCUT2D eigenvalue weighted by Crippen LogP contribution is -2.71. The molecular weight excluding hydrogens is 520 g/mol. The molecule has 0 bridgehead atoms. The van der Waals surface area contributed by atoms with Crippen molar-refractivity contribution < 1.29 is 19.4 Å². The van der Waals surface area contributed by atoms with Crippen LogP contribution in [0.1, 0.15) is 20.3 Å². The third-order valence-electron chi connectivity index (χ3n) is 7.33. The van der Waals surface area contributed by atoms with Crippen molar-refractivity contribution in [2.45, 2.75) is 26.1 Å². The third-order valence-corrected chi connectivity index (χ3v) is 8.21. The van der Waals surface area contributed by atoms with Crippen molar-refractivity contribution in [1.29, 1.82) is 0 Å². The highest BCUT2D eigenvalue weighted by Gasteiger charge is 2.57. The number of carbonyl (C=O) groups excluding carboxylic acids is 1. The summed E-state index contributed by atoms with van der Waals surface area (Å²) in [6.07, 6.45) is 6.96. The highest BCUT2D eigenvalue weighted by molar-refractivity contribution is 7.17. The molecule has 2 aliphatic heterocycles. The van der Waals surface area contributed by atoms with Gasteiger partial charge in [0.1, 0.15) is 6.33 Å². The fourth-order valence-electron chi connectivity index (χ4n) is 5.27. The summed E-state index contributed by atoms with van der Waals surface area (Å²) >= 11 is 1.48. The summed E-state index contributed by atoms with van der Waals surface area (Å²) in [4.78, 5) is 45.6. The van der Waals surface area contributed by atoms with Crippen LogP contribution >= 0.6 is 11.3 Å². The summed E-state index contributed by atoms with van der Waals surface area (Å²) in [5.41, 5.74) is 3.39. The molecule has 2 aromatic heterocycles. The maximum absolute atomic E-state index is 13.1. The Kier molecular flexibility index (Phi) is 7.19. The Hall–Kier alpha value is -4.10. The van der Waals surface area contributed by atoms with Crippen molar-refractivity contribution in [1.82, 2.24) is 30.9 Å². The van der Waals surface area contributed by atoms with Crippen LogP contribution in [0.4, 0.5) is 10.5 Å². The summed E-state index contributed by atoms with van der Waals surface area (Å²) in [6, 6.07) is 5.14. The van der Waals surface area contributed by atoms with E-state index in [2.05, 4.69) is 30.9 Å². The number of hydrogen-bond donors (Lipinski definition) is 4. The van der Waals surface area contributed by atoms with Crippen LogP contribution in [0.3, 0.4) is 0 Å². The number of benzene rings is 1. The van der Waals surface area contributed by atoms with Gasteiger partial charge in [-0.3, -0.25) is 10.1 Å². The summed E-state index contributed by atoms with van der Waals surface area (Å²) in [5.74, 6) is -2.63. The van der Waals surface area contributed by atoms with E-state index in [0.29, 0.717) is 43.3 Å². The van der Waals surface area contributed by atoms with Crippen LogP contribution in [0.15, 0.2) is 47.3 Å². The van der Waals surface area contributed by atoms with E-state index in [1.54, 1.807) is 44.1 Å². The number of carboxylic acids is 1. The van der Waals surface area contributed by atoms with E-state index < -0.39 is 29.1 Å². The molecule has 0 aliphatic carbocycles. The number of ether oxygens (including phenoxy) is 1. The summed E-state index contributed by atoms with van der Waals surface area (Å²) in [7, 11) is 1.54. The fourth-order valence-corrected chi connectivity index (χ4v) is 6.06. The number of anilines is 1. The molecule has 39 heavy (non-hydrogen) atoms. The fraction of sp³-hybridized carbons (Fsp3) is 0.385. The zero-order valence-corrected chi connectivity index (χ0v) is 22.7. The molecule has 3 unspecified atom stereocenters. The van der Waals surface area contributed by atoms with Gasteiger partial charge in [-0.25, -0.2) is 24.7 Å². The standard InChI is InChI=1S/C26H30N8O4S/c1-4-28-24(37)33-26(20-13-27-8-6-25(20,2)23(35)36)32-7-5-9-34(26)16-10-17(22-19(11-16)31-15-39-22)18-12-21(38-3)30-14-29-18/h5,7,9-12,14-15,20,27H,4,6,8,13H2,1-3H3,(H,35,36)(H2,28,33,37). The van der Waals surface area contributed by atoms with Crippen molar-refractivity contribution in [3.63, 3.8) is 0 Å². The number of hydrogen-bond acceptors (Lipinski definition) is 10. The number of urea groups is 1. The number of amides is 2. The second-order valence-corrected chi connectivity index (χ2v) is 10.4. The number of nitrogens with zero attached hydrogens (tertiary/aromatic N) is 5. The van der Waals surface area contributed by atoms with E-state index in [0.717, 1.165) is 15.8 Å². The van der Waals surface area contributed by atoms with E-state index in [9.17, 15) is 14.7 Å². The molecule has 2 aliphatic rings. The van der Waals surface area contributed by atoms with Crippen molar-refractivity contribution in [3.8, 4) is 17.1 Å². The molecule has 204 valence electrons. The highest BCUT2D eigenvalue weighted by Crippen LogP contribution is 2.46. The van der Waals surface area contributed by atoms with Crippen molar-refractivity contribution >= 4 is 45.5 Å². The number of carbonyl (C=O) groups is 2. The Morgan fingerprint density at radius 2 is 2.13 bits per heavy atom. The zero-order valence-electron chi connectivity index (χ0n) is 21.8. The second-order valence-electron chi connectivity index (χ2n) is 9.57. The average molecular weight is 551 g/mol. The van der Waals surface area contributed by atoms with Crippen LogP contribution in [0.5, 0.6) is 5.88 Å². The molecule has 1 aromatic carbocycles. The molecular formula is C26H30N8O4S. The Morgan fingerprint density at radius 1 is 1.28 bits per heavy atom. The topological polar surface area (TPSA) is 154 Å². The SMILES string of the molecule is CCNC(=O)NC1(C2CNCCC2(C)C(=O)O)N=CC=CN1c1cc(-c2cc(OC)ncn2)c2scnc2c1. The van der Waals surface area contributed by atoms with Gasteiger partial charge < -0.3 is 25.4 Å². The molecule has 13 heteroatoms. The van der Waals surface area contributed by atoms with Gasteiger partial charge in [0.25, 0.3) is 0 Å². The van der Waals surface area contributed by atoms with Crippen molar-refractivity contribution in [3.05, 3.63) is 42.3 Å². The first-order valence-electron chi connectivity index (χ1n) is 12.6. The van der Waals surface area contributed by atoms with Gasteiger partial charge >= 0.3 is 12.0 Å². The number of rotatable bonds is 7. The average Bonchev–Trinajstić information content (AvgIpc) is 3.42. The molecule has 0 radical (unpaired) electrons. The molecule has 12 nitrogen and oxygen atoms in total. The maximum atomic E-state index is 13.1. The largest absolute Gasteiger partial charge is 0.481 e. The normalized spacial score (nSPS) is 24.5. The molecule has 2 amide bonds. The van der Waals surface area contributed by atoms with E-state index in [4.69, 9.17) is 9.73 Å². The van der Waals surface area contributed by atoms with Gasteiger partial charge in [-0.05, 0) is 45.0 Å². The number of aromatic nitrogens is 3. The smallest absolute Gasteiger partial charge is 0.318 e. The second kappa shape index (κ2) is 10.6. The number of carboxylic acid groups (broad SMARTS) is 1. The van der Waals surface area contributed by atoms with Gasteiger partial charge in [-0.1, -0.05) is 0 Å². The van der Waals surface area contributed by atoms with Gasteiger partial charge in [0.05, 0.1) is 39.9 Å². The third kappa shape index (κ3) is 4.68. The molecule has 0 saturated carbocycles. The minimum Gasteiger partial charge on any atom is -0.481 e. The first kappa shape index (κ1) is 26.5. The number of aliphatic carboxylic acids is 1. The van der Waals surface area contributed by atoms with E-state index in [-0.39, 0.29) is 0 Å². The molecule has 5 rings (SSSR count). The summed E-state index contributed by atoms with van der Waals surface area (Å²) in [5, 5.41) is 19.5. The summed E-state index contributed by atoms with van der Waals surface area (Å²) < 4.78 is 6.24. The maximum Gasteiger partial charge on any atom is 0.318 e. The van der Waals surface area contributed by atoms with Crippen LogP contribution in [-0.4, -0.2) is 70.8 Å². The number of allylic oxidation sites excluding steroid dienone is 1. The van der Waals surface area contributed by atoms with Crippen LogP contribution < -0.4 is 25.6 Å². The van der Waals surface area contributed by atoms with Gasteiger partial charge in [0, 0.05) is 42.8 Å². The molecule has 1 saturated heterocycles. The quantitative estimate of drug-likeness (QED) is 0.348. The molecule has 3 atom stereocenters. The molecule has 4 N–H and O–H groups in total. The van der Waals surface area contributed by atoms with E-state index in [1.165, 1.54) is 17.7 Å². The van der Waals surface area contributed by atoms with Crippen LogP contribution in [0.25, 0.3) is 21.5 Å². The molecule has 1 fully saturated rings. The van der Waals surface area contributed by atoms with Gasteiger partial charge in [-0.2, -0.15) is 0 Å². The van der Waals surface area contributed by atoms with Gasteiger partial charge in [0.15, 0.2) is 0 Å². The number of aliphatic imine (C=N–C) groups is 1. The monoisotopic (exact) mass is 550 g/mol. The number of nitrogens with one attached hydrogen (secondary N) is 3. The number of piperidine rings is 1. The number of thiazole rings is 1. The lowest BCUT2D eigenvalue weighted by molar-refractivity contribution is -0.155. The Labute approximate surface area is 229 Å². The predicted molar refractivity (Wildman–Crippen MR) is 149 cm³/mol. The minimum absolute atomic E-state index is 0.325. The Morgan fingerprint density at radius 3 is 2.90 bits per heavy atom. The van der Waals surface area contributed by atoms with E-state index in [1.807, 2.05) is 24.0 Å². The molecule has 3 aromatic rings. The first-order valence-corrected chi connectivity index (χ1v) is 13.5. The van der Waals surface area contributed by atoms with Crippen LogP contribution in [0.2, 0.25) is 0 Å². The lowest BCUT2D eigenvalue weighted by Gasteiger charge is -2.52. The molecule has 4 heterocycles. The Bertz CT molecular complexity index is 1460. The Balaban J connectivity index is 1.71. The first-order chi connectivity index (χ1) is 18.8. The van der Waals surface area contributed by atoms with Crippen LogP contribution in [-0.2, 0) is 4.79 Å². The number of methoxy groups -OCH3 is 1.